The summed E-state index contributed by atoms with van der Waals surface area (Å²) in [6.07, 6.45) is 0. The molecule has 4 heterocycles. The molecule has 0 unspecified atom stereocenters. The van der Waals surface area contributed by atoms with E-state index in [1.807, 2.05) is 84.9 Å². The fraction of sp³-hybridized carbons (Fsp3) is 0. The normalized spacial score (nSPS) is 13.3. The molecule has 0 fully saturated rings. The van der Waals surface area contributed by atoms with E-state index in [0.717, 1.165) is 81.6 Å². The number of hydrogen-bond acceptors (Lipinski definition) is 5. The van der Waals surface area contributed by atoms with Crippen LogP contribution in [-0.2, 0) is 0 Å². The van der Waals surface area contributed by atoms with Crippen LogP contribution in [0.5, 0.6) is 0 Å². The molecule has 0 saturated carbocycles. The summed E-state index contributed by atoms with van der Waals surface area (Å²) in [6, 6.07) is 56.2. The third-order valence-corrected chi connectivity index (χ3v) is 14.0. The number of furan rings is 1. The standard InChI is InChI=1S/C61H36N4OS/c1-2-19-41-37(15-1)16-12-28-49(41)60-62-59(63-61(64-60)50-23-5-9-31-54(50)65-52-29-7-3-20-44(52)45-21-4-8-30-53(45)65)40-18-11-17-38(35-40)43-25-14-27-48-51-36-39(33-34-56(51)67-58(43)48)42-24-13-26-47-46-22-6-10-32-55(46)66-57(42)47/h1-36H/i3D,4D,7D,20D,21D,29D,30D. The summed E-state index contributed by atoms with van der Waals surface area (Å²) in [6.45, 7) is 0. The molecule has 5 nitrogen and oxygen atoms in total. The van der Waals surface area contributed by atoms with Gasteiger partial charge in [-0.3, -0.25) is 0 Å². The second-order valence-corrected chi connectivity index (χ2v) is 17.6. The average Bonchev–Trinajstić information content (AvgIpc) is 4.19. The first-order valence-electron chi connectivity index (χ1n) is 25.4. The highest BCUT2D eigenvalue weighted by molar-refractivity contribution is 7.26. The maximum Gasteiger partial charge on any atom is 0.166 e. The Labute approximate surface area is 398 Å². The molecule has 4 aromatic heterocycles. The van der Waals surface area contributed by atoms with Crippen LogP contribution in [0.1, 0.15) is 9.60 Å². The second kappa shape index (κ2) is 14.9. The Balaban J connectivity index is 0.957. The van der Waals surface area contributed by atoms with Gasteiger partial charge in [0.15, 0.2) is 17.5 Å². The van der Waals surface area contributed by atoms with E-state index < -0.39 is 12.1 Å². The highest BCUT2D eigenvalue weighted by atomic mass is 32.1. The van der Waals surface area contributed by atoms with Gasteiger partial charge in [0.05, 0.1) is 26.3 Å². The molecule has 14 aromatic rings. The first kappa shape index (κ1) is 31.2. The highest BCUT2D eigenvalue weighted by Crippen LogP contribution is 2.44. The van der Waals surface area contributed by atoms with Crippen molar-refractivity contribution < 1.29 is 14.0 Å². The average molecular weight is 880 g/mol. The van der Waals surface area contributed by atoms with E-state index in [4.69, 9.17) is 26.2 Å². The van der Waals surface area contributed by atoms with Crippen molar-refractivity contribution in [3.63, 3.8) is 0 Å². The molecule has 0 saturated heterocycles. The van der Waals surface area contributed by atoms with E-state index in [0.29, 0.717) is 22.9 Å². The number of para-hydroxylation sites is 5. The third-order valence-electron chi connectivity index (χ3n) is 12.8. The zero-order chi connectivity index (χ0) is 50.1. The van der Waals surface area contributed by atoms with Crippen molar-refractivity contribution in [2.45, 2.75) is 0 Å². The summed E-state index contributed by atoms with van der Waals surface area (Å²) in [4.78, 5) is 15.7. The molecule has 0 radical (unpaired) electrons. The first-order valence-corrected chi connectivity index (χ1v) is 22.7. The summed E-state index contributed by atoms with van der Waals surface area (Å²) in [5, 5.41) is 6.60. The van der Waals surface area contributed by atoms with Gasteiger partial charge in [-0.05, 0) is 75.9 Å². The number of aromatic nitrogens is 4. The lowest BCUT2D eigenvalue weighted by Crippen LogP contribution is -2.03. The Kier molecular flexibility index (Phi) is 6.95. The van der Waals surface area contributed by atoms with Gasteiger partial charge < -0.3 is 8.98 Å². The quantitative estimate of drug-likeness (QED) is 0.167. The van der Waals surface area contributed by atoms with Gasteiger partial charge in [0, 0.05) is 64.0 Å². The highest BCUT2D eigenvalue weighted by Gasteiger charge is 2.21. The Morgan fingerprint density at radius 2 is 1.06 bits per heavy atom. The molecule has 0 spiro atoms. The van der Waals surface area contributed by atoms with E-state index in [-0.39, 0.29) is 57.8 Å². The molecule has 0 bridgehead atoms. The van der Waals surface area contributed by atoms with E-state index in [2.05, 4.69) is 72.8 Å². The van der Waals surface area contributed by atoms with Crippen LogP contribution >= 0.6 is 11.3 Å². The molecule has 312 valence electrons. The van der Waals surface area contributed by atoms with Crippen LogP contribution in [0.2, 0.25) is 0 Å². The van der Waals surface area contributed by atoms with Crippen molar-refractivity contribution in [2.75, 3.05) is 0 Å². The van der Waals surface area contributed by atoms with Crippen LogP contribution in [0.15, 0.2) is 223 Å². The van der Waals surface area contributed by atoms with Crippen molar-refractivity contribution >= 4 is 86.0 Å². The number of benzene rings is 10. The number of thiophene rings is 1. The van der Waals surface area contributed by atoms with Crippen molar-refractivity contribution in [3.05, 3.63) is 218 Å². The molecule has 6 heteroatoms. The van der Waals surface area contributed by atoms with Crippen molar-refractivity contribution in [1.29, 1.82) is 0 Å². The number of hydrogen-bond donors (Lipinski definition) is 0. The van der Waals surface area contributed by atoms with Gasteiger partial charge in [-0.1, -0.05) is 170 Å². The molecular formula is C61H36N4OS. The Morgan fingerprint density at radius 1 is 0.418 bits per heavy atom. The zero-order valence-electron chi connectivity index (χ0n) is 42.3. The lowest BCUT2D eigenvalue weighted by Gasteiger charge is -2.15. The topological polar surface area (TPSA) is 56.7 Å². The monoisotopic (exact) mass is 879 g/mol. The molecule has 14 rings (SSSR count). The number of fused-ring (bicyclic) bond motifs is 10. The number of nitrogens with zero attached hydrogens (tertiary/aromatic N) is 4. The molecule has 0 aliphatic heterocycles. The summed E-state index contributed by atoms with van der Waals surface area (Å²) < 4.78 is 72.8. The minimum Gasteiger partial charge on any atom is -0.455 e. The SMILES string of the molecule is [2H]c1cc([2H])c2c(c1[2H])c1c([2H])c([2H])c([2H])c([2H])c1n2-c1ccccc1-c1nc(-c2cccc(-c3cccc4c3sc3ccc(-c5cccc6c5oc5ccccc56)cc34)c2)nc(-c2cccc3ccccc23)n1. The fourth-order valence-electron chi connectivity index (χ4n) is 9.73. The summed E-state index contributed by atoms with van der Waals surface area (Å²) >= 11 is 1.75. The van der Waals surface area contributed by atoms with Crippen LogP contribution in [0, 0.1) is 0 Å². The van der Waals surface area contributed by atoms with Gasteiger partial charge in [0.25, 0.3) is 0 Å². The molecule has 0 aliphatic rings. The maximum absolute atomic E-state index is 9.22. The smallest absolute Gasteiger partial charge is 0.166 e. The van der Waals surface area contributed by atoms with E-state index >= 15 is 0 Å². The predicted molar refractivity (Wildman–Crippen MR) is 279 cm³/mol. The Morgan fingerprint density at radius 3 is 2.00 bits per heavy atom. The molecule has 0 amide bonds. The Hall–Kier alpha value is -8.71. The molecular weight excluding hydrogens is 837 g/mol. The van der Waals surface area contributed by atoms with E-state index in [9.17, 15) is 2.74 Å². The van der Waals surface area contributed by atoms with Gasteiger partial charge in [-0.25, -0.2) is 15.0 Å². The first-order chi connectivity index (χ1) is 36.1. The van der Waals surface area contributed by atoms with Crippen LogP contribution in [0.25, 0.3) is 137 Å². The van der Waals surface area contributed by atoms with E-state index in [1.165, 1.54) is 10.8 Å². The minimum absolute atomic E-state index is 0.0624. The molecule has 0 atom stereocenters. The molecule has 0 N–H and O–H groups in total. The predicted octanol–water partition coefficient (Wildman–Crippen LogP) is 16.7. The Bertz CT molecular complexity index is 4730. The lowest BCUT2D eigenvalue weighted by molar-refractivity contribution is 0.670. The van der Waals surface area contributed by atoms with Gasteiger partial charge in [-0.2, -0.15) is 0 Å². The minimum atomic E-state index is -0.467. The summed E-state index contributed by atoms with van der Waals surface area (Å²) in [5.41, 5.74) is 8.59. The maximum atomic E-state index is 9.22. The van der Waals surface area contributed by atoms with Gasteiger partial charge in [0.2, 0.25) is 0 Å². The fourth-order valence-corrected chi connectivity index (χ4v) is 10.9. The molecule has 10 aromatic carbocycles. The van der Waals surface area contributed by atoms with Crippen molar-refractivity contribution in [3.8, 4) is 62.1 Å². The van der Waals surface area contributed by atoms with Crippen LogP contribution < -0.4 is 0 Å². The van der Waals surface area contributed by atoms with Crippen LogP contribution in [-0.4, -0.2) is 19.5 Å². The lowest BCUT2D eigenvalue weighted by atomic mass is 9.98. The zero-order valence-corrected chi connectivity index (χ0v) is 36.2. The van der Waals surface area contributed by atoms with Crippen molar-refractivity contribution in [2.24, 2.45) is 0 Å². The number of rotatable bonds is 6. The summed E-state index contributed by atoms with van der Waals surface area (Å²) in [7, 11) is 0. The summed E-state index contributed by atoms with van der Waals surface area (Å²) in [5.74, 6) is 1.10. The van der Waals surface area contributed by atoms with Gasteiger partial charge in [0.1, 0.15) is 11.2 Å². The second-order valence-electron chi connectivity index (χ2n) is 16.5. The molecule has 0 aliphatic carbocycles. The van der Waals surface area contributed by atoms with E-state index in [1.54, 1.807) is 28.0 Å². The molecule has 67 heavy (non-hydrogen) atoms. The van der Waals surface area contributed by atoms with Crippen LogP contribution in [0.3, 0.4) is 0 Å². The largest absolute Gasteiger partial charge is 0.455 e. The third kappa shape index (κ3) is 5.97. The van der Waals surface area contributed by atoms with Crippen LogP contribution in [0.4, 0.5) is 0 Å². The van der Waals surface area contributed by atoms with Gasteiger partial charge >= 0.3 is 0 Å². The van der Waals surface area contributed by atoms with Gasteiger partial charge in [-0.15, -0.1) is 11.3 Å². The van der Waals surface area contributed by atoms with Crippen molar-refractivity contribution in [1.82, 2.24) is 19.5 Å².